The first-order valence-corrected chi connectivity index (χ1v) is 11.5. The highest BCUT2D eigenvalue weighted by Gasteiger charge is 2.25. The standard InChI is InChI=1S/C21H25ClN2O5S/c1-2-3-4-19(24-30(28,29)18-12-8-16(22)9-13-18)21(27)23-17-10-5-15(6-11-17)7-14-20(25)26/h5-6,8-13,19,24H,2-4,7,14H2,1H3,(H,23,27)(H,25,26)/t19-/m0/s1. The van der Waals surface area contributed by atoms with Crippen LogP contribution < -0.4 is 10.0 Å². The van der Waals surface area contributed by atoms with E-state index in [2.05, 4.69) is 10.0 Å². The van der Waals surface area contributed by atoms with Crippen LogP contribution in [0.2, 0.25) is 5.02 Å². The van der Waals surface area contributed by atoms with Crippen molar-refractivity contribution in [1.29, 1.82) is 0 Å². The van der Waals surface area contributed by atoms with Gasteiger partial charge in [-0.1, -0.05) is 43.5 Å². The molecule has 30 heavy (non-hydrogen) atoms. The maximum atomic E-state index is 12.7. The van der Waals surface area contributed by atoms with Gasteiger partial charge in [-0.05, 0) is 54.8 Å². The van der Waals surface area contributed by atoms with Crippen LogP contribution in [-0.2, 0) is 26.0 Å². The highest BCUT2D eigenvalue weighted by atomic mass is 35.5. The van der Waals surface area contributed by atoms with E-state index in [9.17, 15) is 18.0 Å². The van der Waals surface area contributed by atoms with Crippen molar-refractivity contribution in [3.05, 3.63) is 59.1 Å². The number of amides is 1. The fraction of sp³-hybridized carbons (Fsp3) is 0.333. The molecule has 0 bridgehead atoms. The Labute approximate surface area is 181 Å². The zero-order chi connectivity index (χ0) is 22.1. The van der Waals surface area contributed by atoms with E-state index in [1.807, 2.05) is 6.92 Å². The average Bonchev–Trinajstić information content (AvgIpc) is 2.70. The zero-order valence-electron chi connectivity index (χ0n) is 16.6. The van der Waals surface area contributed by atoms with E-state index in [4.69, 9.17) is 16.7 Å². The van der Waals surface area contributed by atoms with Crippen LogP contribution in [0.5, 0.6) is 0 Å². The SMILES string of the molecule is CCCC[C@H](NS(=O)(=O)c1ccc(Cl)cc1)C(=O)Nc1ccc(CCC(=O)O)cc1. The second-order valence-electron chi connectivity index (χ2n) is 6.85. The summed E-state index contributed by atoms with van der Waals surface area (Å²) in [5.74, 6) is -1.33. The quantitative estimate of drug-likeness (QED) is 0.479. The predicted molar refractivity (Wildman–Crippen MR) is 116 cm³/mol. The topological polar surface area (TPSA) is 113 Å². The third-order valence-electron chi connectivity index (χ3n) is 4.43. The van der Waals surface area contributed by atoms with E-state index in [1.54, 1.807) is 24.3 Å². The zero-order valence-corrected chi connectivity index (χ0v) is 18.2. The molecule has 2 aromatic rings. The van der Waals surface area contributed by atoms with Crippen molar-refractivity contribution in [2.75, 3.05) is 5.32 Å². The van der Waals surface area contributed by atoms with Gasteiger partial charge in [-0.15, -0.1) is 0 Å². The first kappa shape index (κ1) is 23.9. The van der Waals surface area contributed by atoms with Crippen molar-refractivity contribution in [3.63, 3.8) is 0 Å². The van der Waals surface area contributed by atoms with E-state index in [-0.39, 0.29) is 11.3 Å². The number of carbonyl (C=O) groups is 2. The first-order chi connectivity index (χ1) is 14.2. The number of aryl methyl sites for hydroxylation is 1. The summed E-state index contributed by atoms with van der Waals surface area (Å²) in [6, 6.07) is 11.6. The Hall–Kier alpha value is -2.42. The van der Waals surface area contributed by atoms with Crippen LogP contribution in [0.15, 0.2) is 53.4 Å². The molecule has 0 radical (unpaired) electrons. The van der Waals surface area contributed by atoms with Gasteiger partial charge in [-0.25, -0.2) is 8.42 Å². The monoisotopic (exact) mass is 452 g/mol. The van der Waals surface area contributed by atoms with E-state index in [0.717, 1.165) is 12.0 Å². The number of unbranched alkanes of at least 4 members (excludes halogenated alkanes) is 1. The summed E-state index contributed by atoms with van der Waals surface area (Å²) in [5.41, 5.74) is 1.34. The van der Waals surface area contributed by atoms with Crippen LogP contribution >= 0.6 is 11.6 Å². The summed E-state index contributed by atoms with van der Waals surface area (Å²) >= 11 is 5.81. The molecule has 1 atom stereocenters. The fourth-order valence-electron chi connectivity index (χ4n) is 2.76. The molecule has 0 heterocycles. The molecule has 2 rings (SSSR count). The maximum Gasteiger partial charge on any atom is 0.303 e. The van der Waals surface area contributed by atoms with Gasteiger partial charge in [0.1, 0.15) is 6.04 Å². The van der Waals surface area contributed by atoms with E-state index < -0.39 is 27.9 Å². The van der Waals surface area contributed by atoms with Crippen molar-refractivity contribution in [1.82, 2.24) is 4.72 Å². The van der Waals surface area contributed by atoms with Crippen molar-refractivity contribution < 1.29 is 23.1 Å². The van der Waals surface area contributed by atoms with Gasteiger partial charge in [0, 0.05) is 17.1 Å². The van der Waals surface area contributed by atoms with Gasteiger partial charge in [0.25, 0.3) is 0 Å². The van der Waals surface area contributed by atoms with E-state index in [1.165, 1.54) is 24.3 Å². The van der Waals surface area contributed by atoms with Crippen molar-refractivity contribution in [2.24, 2.45) is 0 Å². The predicted octanol–water partition coefficient (Wildman–Crippen LogP) is 3.83. The van der Waals surface area contributed by atoms with Gasteiger partial charge < -0.3 is 10.4 Å². The summed E-state index contributed by atoms with van der Waals surface area (Å²) in [6.45, 7) is 1.96. The summed E-state index contributed by atoms with van der Waals surface area (Å²) in [6.07, 6.45) is 2.26. The minimum Gasteiger partial charge on any atom is -0.481 e. The Morgan fingerprint density at radius 1 is 1.07 bits per heavy atom. The maximum absolute atomic E-state index is 12.7. The molecule has 0 aliphatic carbocycles. The van der Waals surface area contributed by atoms with Crippen LogP contribution in [0.3, 0.4) is 0 Å². The molecule has 7 nitrogen and oxygen atoms in total. The highest BCUT2D eigenvalue weighted by molar-refractivity contribution is 7.89. The van der Waals surface area contributed by atoms with Crippen LogP contribution in [-0.4, -0.2) is 31.4 Å². The number of rotatable bonds is 11. The average molecular weight is 453 g/mol. The molecule has 0 spiro atoms. The van der Waals surface area contributed by atoms with Crippen molar-refractivity contribution in [3.8, 4) is 0 Å². The molecule has 0 aromatic heterocycles. The third-order valence-corrected chi connectivity index (χ3v) is 6.17. The van der Waals surface area contributed by atoms with Gasteiger partial charge in [-0.3, -0.25) is 9.59 Å². The highest BCUT2D eigenvalue weighted by Crippen LogP contribution is 2.17. The number of halogens is 1. The lowest BCUT2D eigenvalue weighted by molar-refractivity contribution is -0.137. The third kappa shape index (κ3) is 7.44. The largest absolute Gasteiger partial charge is 0.481 e. The van der Waals surface area contributed by atoms with Gasteiger partial charge in [0.05, 0.1) is 4.90 Å². The van der Waals surface area contributed by atoms with Crippen molar-refractivity contribution in [2.45, 2.75) is 50.0 Å². The summed E-state index contributed by atoms with van der Waals surface area (Å²) in [4.78, 5) is 23.4. The molecule has 0 aliphatic heterocycles. The number of sulfonamides is 1. The number of carboxylic acid groups (broad SMARTS) is 1. The van der Waals surface area contributed by atoms with Gasteiger partial charge >= 0.3 is 5.97 Å². The number of carboxylic acids is 1. The molecule has 0 aliphatic rings. The summed E-state index contributed by atoms with van der Waals surface area (Å²) in [5, 5.41) is 11.9. The second kappa shape index (κ2) is 11.1. The summed E-state index contributed by atoms with van der Waals surface area (Å²) < 4.78 is 27.8. The van der Waals surface area contributed by atoms with Crippen molar-refractivity contribution >= 4 is 39.2 Å². The number of carbonyl (C=O) groups excluding carboxylic acids is 1. The molecule has 162 valence electrons. The van der Waals surface area contributed by atoms with E-state index in [0.29, 0.717) is 30.0 Å². The normalized spacial score (nSPS) is 12.3. The number of aliphatic carboxylic acids is 1. The Morgan fingerprint density at radius 3 is 2.27 bits per heavy atom. The van der Waals surface area contributed by atoms with Gasteiger partial charge in [0.15, 0.2) is 0 Å². The minimum absolute atomic E-state index is 0.0251. The second-order valence-corrected chi connectivity index (χ2v) is 9.00. The van der Waals surface area contributed by atoms with Crippen LogP contribution in [0, 0.1) is 0 Å². The molecule has 0 saturated heterocycles. The number of nitrogens with one attached hydrogen (secondary N) is 2. The lowest BCUT2D eigenvalue weighted by atomic mass is 10.1. The molecule has 0 saturated carbocycles. The van der Waals surface area contributed by atoms with Crippen LogP contribution in [0.4, 0.5) is 5.69 Å². The number of hydrogen-bond acceptors (Lipinski definition) is 4. The Kier molecular flexibility index (Phi) is 8.83. The molecule has 3 N–H and O–H groups in total. The van der Waals surface area contributed by atoms with Gasteiger partial charge in [0.2, 0.25) is 15.9 Å². The summed E-state index contributed by atoms with van der Waals surface area (Å²) in [7, 11) is -3.89. The van der Waals surface area contributed by atoms with Crippen LogP contribution in [0.1, 0.15) is 38.2 Å². The Morgan fingerprint density at radius 2 is 1.70 bits per heavy atom. The van der Waals surface area contributed by atoms with E-state index >= 15 is 0 Å². The van der Waals surface area contributed by atoms with Crippen LogP contribution in [0.25, 0.3) is 0 Å². The minimum atomic E-state index is -3.89. The Balaban J connectivity index is 2.09. The van der Waals surface area contributed by atoms with Gasteiger partial charge in [-0.2, -0.15) is 4.72 Å². The number of hydrogen-bond donors (Lipinski definition) is 3. The molecule has 9 heteroatoms. The fourth-order valence-corrected chi connectivity index (χ4v) is 4.11. The number of benzene rings is 2. The lowest BCUT2D eigenvalue weighted by Gasteiger charge is -2.18. The first-order valence-electron chi connectivity index (χ1n) is 9.60. The molecule has 0 fully saturated rings. The molecule has 2 aromatic carbocycles. The molecule has 0 unspecified atom stereocenters. The lowest BCUT2D eigenvalue weighted by Crippen LogP contribution is -2.43. The molecular formula is C21H25ClN2O5S. The Bertz CT molecular complexity index is 960. The smallest absolute Gasteiger partial charge is 0.303 e. The number of anilines is 1. The molecule has 1 amide bonds. The molecular weight excluding hydrogens is 428 g/mol.